The molecule has 0 fully saturated rings. The van der Waals surface area contributed by atoms with Crippen molar-refractivity contribution in [1.29, 1.82) is 0 Å². The predicted molar refractivity (Wildman–Crippen MR) is 79.7 cm³/mol. The zero-order valence-corrected chi connectivity index (χ0v) is 12.5. The zero-order valence-electron chi connectivity index (χ0n) is 11.7. The second kappa shape index (κ2) is 5.89. The minimum atomic E-state index is -1.46. The number of carbonyl (C=O) groups is 1. The molecule has 0 radical (unpaired) electrons. The topological polar surface area (TPSA) is 74.2 Å². The fraction of sp³-hybridized carbons (Fsp3) is 0. The lowest BCUT2D eigenvalue weighted by Crippen LogP contribution is -2.35. The molecule has 24 heavy (non-hydrogen) atoms. The number of rotatable bonds is 2. The van der Waals surface area contributed by atoms with Crippen molar-refractivity contribution in [3.05, 3.63) is 85.7 Å². The normalized spacial score (nSPS) is 10.8. The molecule has 0 aliphatic heterocycles. The Balaban J connectivity index is 2.17. The van der Waals surface area contributed by atoms with Gasteiger partial charge in [0.15, 0.2) is 0 Å². The summed E-state index contributed by atoms with van der Waals surface area (Å²) in [6, 6.07) is 8.30. The van der Waals surface area contributed by atoms with Crippen LogP contribution >= 0.6 is 11.6 Å². The third kappa shape index (κ3) is 2.56. The summed E-state index contributed by atoms with van der Waals surface area (Å²) in [5.74, 6) is -5.24. The lowest BCUT2D eigenvalue weighted by atomic mass is 10.2. The van der Waals surface area contributed by atoms with Gasteiger partial charge in [0.2, 0.25) is 0 Å². The van der Waals surface area contributed by atoms with Gasteiger partial charge in [-0.25, -0.2) is 18.4 Å². The van der Waals surface area contributed by atoms with E-state index >= 15 is 0 Å². The van der Waals surface area contributed by atoms with E-state index in [1.54, 1.807) is 0 Å². The first-order chi connectivity index (χ1) is 11.4. The van der Waals surface area contributed by atoms with E-state index in [2.05, 4.69) is 0 Å². The summed E-state index contributed by atoms with van der Waals surface area (Å²) in [7, 11) is 0. The molecule has 0 saturated heterocycles. The molecule has 1 heterocycles. The zero-order chi connectivity index (χ0) is 17.4. The van der Waals surface area contributed by atoms with Gasteiger partial charge < -0.3 is 4.52 Å². The van der Waals surface area contributed by atoms with Crippen LogP contribution < -0.4 is 11.4 Å². The molecule has 0 saturated carbocycles. The van der Waals surface area contributed by atoms with Crippen LogP contribution in [0.3, 0.4) is 0 Å². The summed E-state index contributed by atoms with van der Waals surface area (Å²) in [6.45, 7) is 0. The molecule has 0 atom stereocenters. The van der Waals surface area contributed by atoms with E-state index in [1.165, 1.54) is 24.3 Å². The first-order valence-corrected chi connectivity index (χ1v) is 6.88. The molecule has 3 aromatic rings. The number of hydrogen-bond acceptors (Lipinski definition) is 4. The van der Waals surface area contributed by atoms with Crippen molar-refractivity contribution < 1.29 is 18.1 Å². The van der Waals surface area contributed by atoms with Crippen molar-refractivity contribution in [3.63, 3.8) is 0 Å². The highest BCUT2D eigenvalue weighted by Crippen LogP contribution is 2.14. The minimum absolute atomic E-state index is 0.0100. The van der Waals surface area contributed by atoms with Crippen molar-refractivity contribution in [3.8, 4) is 5.69 Å². The molecule has 0 unspecified atom stereocenters. The largest absolute Gasteiger partial charge is 0.450 e. The number of benzene rings is 2. The van der Waals surface area contributed by atoms with Crippen LogP contribution in [0, 0.1) is 11.6 Å². The van der Waals surface area contributed by atoms with E-state index in [-0.39, 0.29) is 10.3 Å². The van der Waals surface area contributed by atoms with Crippen LogP contribution in [0.25, 0.3) is 5.69 Å². The van der Waals surface area contributed by atoms with E-state index in [0.717, 1.165) is 18.2 Å². The summed E-state index contributed by atoms with van der Waals surface area (Å²) >= 11 is 5.72. The van der Waals surface area contributed by atoms with Crippen LogP contribution in [0.15, 0.2) is 56.6 Å². The van der Waals surface area contributed by atoms with E-state index < -0.39 is 34.6 Å². The number of halogens is 3. The molecule has 0 spiro atoms. The lowest BCUT2D eigenvalue weighted by molar-refractivity contribution is 0.0940. The maximum absolute atomic E-state index is 13.7. The van der Waals surface area contributed by atoms with Gasteiger partial charge in [0.1, 0.15) is 17.2 Å². The monoisotopic (exact) mass is 352 g/mol. The summed E-state index contributed by atoms with van der Waals surface area (Å²) in [5, 5.41) is 0.373. The maximum Gasteiger partial charge on any atom is 0.450 e. The Hall–Kier alpha value is -3.00. The Labute approximate surface area is 137 Å². The summed E-state index contributed by atoms with van der Waals surface area (Å²) in [4.78, 5) is 36.3. The first-order valence-electron chi connectivity index (χ1n) is 6.50. The molecule has 0 aliphatic carbocycles. The van der Waals surface area contributed by atoms with E-state index in [1.807, 2.05) is 0 Å². The fourth-order valence-corrected chi connectivity index (χ4v) is 2.18. The molecule has 2 aromatic carbocycles. The highest BCUT2D eigenvalue weighted by Gasteiger charge is 2.25. The third-order valence-corrected chi connectivity index (χ3v) is 3.41. The Morgan fingerprint density at radius 2 is 1.58 bits per heavy atom. The molecular formula is C15H7ClF2N2O4. The minimum Gasteiger partial charge on any atom is -0.311 e. The van der Waals surface area contributed by atoms with Crippen molar-refractivity contribution in [2.75, 3.05) is 0 Å². The molecule has 0 amide bonds. The van der Waals surface area contributed by atoms with Crippen LogP contribution in [0.4, 0.5) is 8.78 Å². The molecule has 6 nitrogen and oxygen atoms in total. The Kier molecular flexibility index (Phi) is 3.90. The highest BCUT2D eigenvalue weighted by atomic mass is 35.5. The number of carbonyl (C=O) groups excluding carboxylic acids is 1. The molecule has 3 rings (SSSR count). The van der Waals surface area contributed by atoms with Crippen molar-refractivity contribution in [1.82, 2.24) is 9.31 Å². The lowest BCUT2D eigenvalue weighted by Gasteiger charge is -2.02. The van der Waals surface area contributed by atoms with Crippen molar-refractivity contribution in [2.45, 2.75) is 0 Å². The van der Waals surface area contributed by atoms with Crippen LogP contribution in [0.5, 0.6) is 0 Å². The number of aromatic nitrogens is 2. The Morgan fingerprint density at radius 3 is 2.17 bits per heavy atom. The van der Waals surface area contributed by atoms with E-state index in [0.29, 0.717) is 9.76 Å². The fourth-order valence-electron chi connectivity index (χ4n) is 2.05. The maximum atomic E-state index is 13.7. The highest BCUT2D eigenvalue weighted by molar-refractivity contribution is 6.30. The third-order valence-electron chi connectivity index (χ3n) is 3.16. The SMILES string of the molecule is O=C(c1c(F)cccc1F)n1c(=O)on(-c2ccc(Cl)cc2)c1=O. The van der Waals surface area contributed by atoms with Gasteiger partial charge in [-0.1, -0.05) is 17.7 Å². The van der Waals surface area contributed by atoms with Gasteiger partial charge in [-0.05, 0) is 36.4 Å². The summed E-state index contributed by atoms with van der Waals surface area (Å²) in [5.41, 5.74) is -2.11. The molecule has 9 heteroatoms. The average molecular weight is 353 g/mol. The van der Waals surface area contributed by atoms with Crippen molar-refractivity contribution >= 4 is 17.5 Å². The number of nitrogens with zero attached hydrogens (tertiary/aromatic N) is 2. The second-order valence-corrected chi connectivity index (χ2v) is 5.08. The Bertz CT molecular complexity index is 1030. The molecule has 1 aromatic heterocycles. The van der Waals surface area contributed by atoms with Gasteiger partial charge in [-0.15, -0.1) is 4.74 Å². The van der Waals surface area contributed by atoms with Gasteiger partial charge in [-0.3, -0.25) is 4.79 Å². The van der Waals surface area contributed by atoms with E-state index in [9.17, 15) is 23.2 Å². The molecule has 122 valence electrons. The van der Waals surface area contributed by atoms with Crippen LogP contribution in [-0.4, -0.2) is 15.2 Å². The average Bonchev–Trinajstić information content (AvgIpc) is 2.82. The van der Waals surface area contributed by atoms with Crippen molar-refractivity contribution in [2.24, 2.45) is 0 Å². The van der Waals surface area contributed by atoms with Gasteiger partial charge in [0.25, 0.3) is 5.91 Å². The van der Waals surface area contributed by atoms with Crippen LogP contribution in [0.2, 0.25) is 5.02 Å². The molecular weight excluding hydrogens is 346 g/mol. The summed E-state index contributed by atoms with van der Waals surface area (Å²) in [6.07, 6.45) is 0. The summed E-state index contributed by atoms with van der Waals surface area (Å²) < 4.78 is 32.6. The number of hydrogen-bond donors (Lipinski definition) is 0. The molecule has 0 N–H and O–H groups in total. The molecule has 0 bridgehead atoms. The van der Waals surface area contributed by atoms with Gasteiger partial charge in [0, 0.05) is 5.02 Å². The second-order valence-electron chi connectivity index (χ2n) is 4.65. The Morgan fingerprint density at radius 1 is 1.00 bits per heavy atom. The standard InChI is InChI=1S/C15H7ClF2N2O4/c16-8-4-6-9(7-5-8)20-14(22)19(15(23)24-20)13(21)12-10(17)2-1-3-11(12)18/h1-7H. The van der Waals surface area contributed by atoms with Crippen LogP contribution in [0.1, 0.15) is 10.4 Å². The van der Waals surface area contributed by atoms with Crippen LogP contribution in [-0.2, 0) is 0 Å². The quantitative estimate of drug-likeness (QED) is 0.708. The smallest absolute Gasteiger partial charge is 0.311 e. The van der Waals surface area contributed by atoms with Gasteiger partial charge in [-0.2, -0.15) is 4.57 Å². The molecule has 0 aliphatic rings. The van der Waals surface area contributed by atoms with Gasteiger partial charge >= 0.3 is 11.4 Å². The van der Waals surface area contributed by atoms with E-state index in [4.69, 9.17) is 16.1 Å². The first kappa shape index (κ1) is 15.9. The van der Waals surface area contributed by atoms with Gasteiger partial charge in [0.05, 0.1) is 5.69 Å². The predicted octanol–water partition coefficient (Wildman–Crippen LogP) is 2.21.